The molecule has 0 saturated carbocycles. The lowest BCUT2D eigenvalue weighted by atomic mass is 10.3. The highest BCUT2D eigenvalue weighted by molar-refractivity contribution is 7.33. The Kier molecular flexibility index (Phi) is 20.4. The molecule has 8 heteroatoms. The first kappa shape index (κ1) is 32.0. The van der Waals surface area contributed by atoms with Gasteiger partial charge in [0.05, 0.1) is 26.4 Å². The van der Waals surface area contributed by atoms with E-state index in [0.29, 0.717) is 39.3 Å². The Balaban J connectivity index is 5.49. The van der Waals surface area contributed by atoms with Crippen LogP contribution in [0.25, 0.3) is 0 Å². The smallest absolute Gasteiger partial charge is 0.327 e. The zero-order valence-electron chi connectivity index (χ0n) is 21.7. The molecule has 0 fully saturated rings. The highest BCUT2D eigenvalue weighted by atomic mass is 31.1. The fourth-order valence-corrected chi connectivity index (χ4v) is 3.96. The van der Waals surface area contributed by atoms with E-state index in [-0.39, 0.29) is 0 Å². The lowest BCUT2D eigenvalue weighted by molar-refractivity contribution is -0.369. The van der Waals surface area contributed by atoms with E-state index >= 15 is 0 Å². The van der Waals surface area contributed by atoms with E-state index in [1.165, 1.54) is 0 Å². The standard InChI is InChI=1S/C24H51O7P/c1-7-13-19-26-23(17-11-5,27-20-14-8-2)30-32(25)31-24(18-12-6,28-21-15-9-3)29-22-16-10-4/h32H,7-22H2,1-6H3. The van der Waals surface area contributed by atoms with Gasteiger partial charge in [-0.1, -0.05) is 67.2 Å². The molecule has 0 aromatic heterocycles. The van der Waals surface area contributed by atoms with Crippen LogP contribution in [-0.2, 0) is 32.6 Å². The minimum Gasteiger partial charge on any atom is -0.327 e. The number of ether oxygens (including phenoxy) is 4. The Morgan fingerprint density at radius 1 is 0.500 bits per heavy atom. The Hall–Kier alpha value is -0.0100. The summed E-state index contributed by atoms with van der Waals surface area (Å²) in [7, 11) is -3.04. The molecule has 0 radical (unpaired) electrons. The average molecular weight is 483 g/mol. The van der Waals surface area contributed by atoms with Crippen LogP contribution in [0.4, 0.5) is 0 Å². The predicted molar refractivity (Wildman–Crippen MR) is 130 cm³/mol. The van der Waals surface area contributed by atoms with Crippen LogP contribution in [0.5, 0.6) is 0 Å². The fraction of sp³-hybridized carbons (Fsp3) is 1.00. The normalized spacial score (nSPS) is 12.7. The number of unbranched alkanes of at least 4 members (excludes halogenated alkanes) is 4. The van der Waals surface area contributed by atoms with Gasteiger partial charge in [-0.15, -0.1) is 0 Å². The molecule has 0 aliphatic heterocycles. The second-order valence-corrected chi connectivity index (χ2v) is 9.04. The molecule has 0 rings (SSSR count). The third kappa shape index (κ3) is 14.3. The maximum Gasteiger partial charge on any atom is 0.327 e. The van der Waals surface area contributed by atoms with E-state index in [0.717, 1.165) is 64.2 Å². The molecule has 0 N–H and O–H groups in total. The summed E-state index contributed by atoms with van der Waals surface area (Å²) in [6.45, 7) is 14.3. The van der Waals surface area contributed by atoms with Gasteiger partial charge in [0, 0.05) is 12.8 Å². The molecule has 0 atom stereocenters. The first-order chi connectivity index (χ1) is 15.5. The minimum absolute atomic E-state index is 0.467. The van der Waals surface area contributed by atoms with Crippen molar-refractivity contribution in [3.05, 3.63) is 0 Å². The molecule has 7 nitrogen and oxygen atoms in total. The fourth-order valence-electron chi connectivity index (χ4n) is 2.97. The van der Waals surface area contributed by atoms with Gasteiger partial charge in [0.2, 0.25) is 0 Å². The molecule has 0 aliphatic rings. The molecule has 0 heterocycles. The predicted octanol–water partition coefficient (Wildman–Crippen LogP) is 7.58. The van der Waals surface area contributed by atoms with E-state index in [1.807, 2.05) is 13.8 Å². The quantitative estimate of drug-likeness (QED) is 0.0797. The lowest BCUT2D eigenvalue weighted by Gasteiger charge is -2.36. The highest BCUT2D eigenvalue weighted by Crippen LogP contribution is 2.42. The summed E-state index contributed by atoms with van der Waals surface area (Å²) in [5.41, 5.74) is 0. The molecule has 0 amide bonds. The van der Waals surface area contributed by atoms with Crippen molar-refractivity contribution in [3.63, 3.8) is 0 Å². The lowest BCUT2D eigenvalue weighted by Crippen LogP contribution is -2.41. The average Bonchev–Trinajstić information content (AvgIpc) is 2.75. The number of rotatable bonds is 24. The van der Waals surface area contributed by atoms with Gasteiger partial charge >= 0.3 is 8.25 Å². The molecular weight excluding hydrogens is 431 g/mol. The van der Waals surface area contributed by atoms with Crippen LogP contribution >= 0.6 is 8.25 Å². The van der Waals surface area contributed by atoms with Crippen molar-refractivity contribution in [2.24, 2.45) is 0 Å². The molecule has 0 saturated heterocycles. The molecule has 0 aromatic rings. The summed E-state index contributed by atoms with van der Waals surface area (Å²) in [6, 6.07) is 0. The molecule has 194 valence electrons. The second-order valence-electron chi connectivity index (χ2n) is 8.13. The van der Waals surface area contributed by atoms with Gasteiger partial charge in [0.15, 0.2) is 0 Å². The molecule has 0 unspecified atom stereocenters. The van der Waals surface area contributed by atoms with Crippen LogP contribution in [-0.4, -0.2) is 38.4 Å². The topological polar surface area (TPSA) is 72.5 Å². The first-order valence-corrected chi connectivity index (χ1v) is 14.2. The zero-order chi connectivity index (χ0) is 24.1. The second kappa shape index (κ2) is 20.4. The summed E-state index contributed by atoms with van der Waals surface area (Å²) >= 11 is 0. The van der Waals surface area contributed by atoms with E-state index in [9.17, 15) is 4.57 Å². The molecule has 0 spiro atoms. The Labute approximate surface area is 198 Å². The summed E-state index contributed by atoms with van der Waals surface area (Å²) in [5, 5.41) is 0. The van der Waals surface area contributed by atoms with Crippen LogP contribution < -0.4 is 0 Å². The summed E-state index contributed by atoms with van der Waals surface area (Å²) in [6.07, 6.45) is 9.86. The van der Waals surface area contributed by atoms with Crippen LogP contribution in [0, 0.1) is 0 Å². The highest BCUT2D eigenvalue weighted by Gasteiger charge is 2.40. The largest absolute Gasteiger partial charge is 0.327 e. The van der Waals surface area contributed by atoms with E-state index in [2.05, 4.69) is 27.7 Å². The van der Waals surface area contributed by atoms with Crippen LogP contribution in [0.15, 0.2) is 0 Å². The van der Waals surface area contributed by atoms with Gasteiger partial charge in [0.1, 0.15) is 0 Å². The monoisotopic (exact) mass is 482 g/mol. The molecule has 0 aromatic carbocycles. The third-order valence-electron chi connectivity index (χ3n) is 4.87. The van der Waals surface area contributed by atoms with Crippen LogP contribution in [0.3, 0.4) is 0 Å². The Morgan fingerprint density at radius 3 is 1.00 bits per heavy atom. The Bertz CT molecular complexity index is 390. The van der Waals surface area contributed by atoms with E-state index in [1.54, 1.807) is 0 Å². The minimum atomic E-state index is -3.04. The summed E-state index contributed by atoms with van der Waals surface area (Å²) in [4.78, 5) is 0. The molecule has 32 heavy (non-hydrogen) atoms. The maximum absolute atomic E-state index is 13.2. The van der Waals surface area contributed by atoms with Crippen LogP contribution in [0.1, 0.15) is 119 Å². The van der Waals surface area contributed by atoms with E-state index < -0.39 is 20.2 Å². The van der Waals surface area contributed by atoms with Gasteiger partial charge in [0.25, 0.3) is 11.9 Å². The van der Waals surface area contributed by atoms with Crippen molar-refractivity contribution in [1.82, 2.24) is 0 Å². The number of hydrogen-bond donors (Lipinski definition) is 0. The molecular formula is C24H51O7P. The van der Waals surface area contributed by atoms with Crippen molar-refractivity contribution in [2.75, 3.05) is 26.4 Å². The maximum atomic E-state index is 13.2. The summed E-state index contributed by atoms with van der Waals surface area (Å²) < 4.78 is 49.1. The van der Waals surface area contributed by atoms with Crippen molar-refractivity contribution in [1.29, 1.82) is 0 Å². The first-order valence-electron chi connectivity index (χ1n) is 12.9. The van der Waals surface area contributed by atoms with Gasteiger partial charge in [-0.2, -0.15) is 0 Å². The zero-order valence-corrected chi connectivity index (χ0v) is 22.7. The van der Waals surface area contributed by atoms with Crippen molar-refractivity contribution in [3.8, 4) is 0 Å². The summed E-state index contributed by atoms with van der Waals surface area (Å²) in [5.74, 6) is -2.75. The van der Waals surface area contributed by atoms with Gasteiger partial charge in [-0.05, 0) is 38.5 Å². The Morgan fingerprint density at radius 2 is 0.781 bits per heavy atom. The van der Waals surface area contributed by atoms with E-state index in [4.69, 9.17) is 28.0 Å². The van der Waals surface area contributed by atoms with Gasteiger partial charge < -0.3 is 18.9 Å². The number of hydrogen-bond acceptors (Lipinski definition) is 7. The van der Waals surface area contributed by atoms with Gasteiger partial charge in [-0.25, -0.2) is 0 Å². The third-order valence-corrected chi connectivity index (χ3v) is 5.82. The van der Waals surface area contributed by atoms with Crippen molar-refractivity contribution < 1.29 is 32.6 Å². The van der Waals surface area contributed by atoms with Crippen molar-refractivity contribution in [2.45, 2.75) is 131 Å². The molecule has 0 aliphatic carbocycles. The SMILES string of the molecule is CCCCOC(CCC)(OCCCC)O[PH](=O)OC(CCC)(OCCCC)OCCCC. The van der Waals surface area contributed by atoms with Crippen LogP contribution in [0.2, 0.25) is 0 Å². The molecule has 0 bridgehead atoms. The van der Waals surface area contributed by atoms with Crippen molar-refractivity contribution >= 4 is 8.25 Å². The van der Waals surface area contributed by atoms with Gasteiger partial charge in [-0.3, -0.25) is 13.6 Å².